The van der Waals surface area contributed by atoms with Gasteiger partial charge in [0.05, 0.1) is 5.75 Å². The van der Waals surface area contributed by atoms with E-state index in [1.54, 1.807) is 0 Å². The molecule has 0 aliphatic heterocycles. The van der Waals surface area contributed by atoms with E-state index in [0.717, 1.165) is 16.5 Å². The van der Waals surface area contributed by atoms with Gasteiger partial charge < -0.3 is 5.32 Å². The second kappa shape index (κ2) is 8.36. The third-order valence-corrected chi connectivity index (χ3v) is 6.34. The highest BCUT2D eigenvalue weighted by Crippen LogP contribution is 2.29. The van der Waals surface area contributed by atoms with E-state index in [2.05, 4.69) is 50.3 Å². The van der Waals surface area contributed by atoms with Crippen LogP contribution in [0.15, 0.2) is 33.9 Å². The molecule has 2 N–H and O–H groups in total. The topological polar surface area (TPSA) is 70.7 Å². The van der Waals surface area contributed by atoms with E-state index in [1.807, 2.05) is 24.3 Å². The number of nitrogens with one attached hydrogen (secondary N) is 2. The van der Waals surface area contributed by atoms with Gasteiger partial charge in [-0.2, -0.15) is 0 Å². The van der Waals surface area contributed by atoms with Crippen LogP contribution in [-0.2, 0) is 4.79 Å². The Morgan fingerprint density at radius 2 is 2.08 bits per heavy atom. The van der Waals surface area contributed by atoms with Crippen LogP contribution in [0.25, 0.3) is 11.4 Å². The van der Waals surface area contributed by atoms with Crippen molar-refractivity contribution >= 4 is 33.6 Å². The number of carbonyl (C=O) groups is 1. The Hall–Kier alpha value is -1.34. The van der Waals surface area contributed by atoms with Gasteiger partial charge in [-0.05, 0) is 30.4 Å². The maximum Gasteiger partial charge on any atom is 0.230 e. The lowest BCUT2D eigenvalue weighted by atomic mass is 9.78. The summed E-state index contributed by atoms with van der Waals surface area (Å²) >= 11 is 4.78. The molecule has 0 bridgehead atoms. The molecule has 0 spiro atoms. The Labute approximate surface area is 160 Å². The summed E-state index contributed by atoms with van der Waals surface area (Å²) in [5.41, 5.74) is 0.969. The lowest BCUT2D eigenvalue weighted by Gasteiger charge is -2.34. The highest BCUT2D eigenvalue weighted by molar-refractivity contribution is 9.10. The molecule has 25 heavy (non-hydrogen) atoms. The molecule has 134 valence electrons. The van der Waals surface area contributed by atoms with Crippen LogP contribution in [0.5, 0.6) is 0 Å². The number of amides is 1. The van der Waals surface area contributed by atoms with Gasteiger partial charge in [0.2, 0.25) is 11.1 Å². The maximum atomic E-state index is 12.2. The van der Waals surface area contributed by atoms with Gasteiger partial charge in [0.15, 0.2) is 5.82 Å². The van der Waals surface area contributed by atoms with Gasteiger partial charge >= 0.3 is 0 Å². The minimum Gasteiger partial charge on any atom is -0.352 e. The van der Waals surface area contributed by atoms with Crippen molar-refractivity contribution in [3.05, 3.63) is 28.7 Å². The number of hydrogen-bond acceptors (Lipinski definition) is 4. The molecule has 0 saturated heterocycles. The molecule has 3 rings (SSSR count). The normalized spacial score (nSPS) is 23.4. The van der Waals surface area contributed by atoms with Crippen LogP contribution in [0, 0.1) is 11.8 Å². The molecule has 1 saturated carbocycles. The zero-order valence-electron chi connectivity index (χ0n) is 14.5. The van der Waals surface area contributed by atoms with E-state index in [4.69, 9.17) is 0 Å². The van der Waals surface area contributed by atoms with Crippen molar-refractivity contribution in [3.63, 3.8) is 0 Å². The molecule has 1 aliphatic carbocycles. The molecule has 0 radical (unpaired) electrons. The van der Waals surface area contributed by atoms with E-state index in [0.29, 0.717) is 34.6 Å². The summed E-state index contributed by atoms with van der Waals surface area (Å²) in [6.07, 6.45) is 3.54. The van der Waals surface area contributed by atoms with Gasteiger partial charge in [-0.15, -0.1) is 5.10 Å². The second-order valence-corrected chi connectivity index (χ2v) is 8.56. The standard InChI is InChI=1S/C18H23BrN4OS/c1-11-4-3-5-15(12(11)2)20-16(24)10-25-18-21-17(22-23-18)13-6-8-14(19)9-7-13/h6-9,11-12,15H,3-5,10H2,1-2H3,(H,20,24)(H,21,22,23)/t11-,12+,15+/m1/s1. The van der Waals surface area contributed by atoms with Crippen LogP contribution in [0.3, 0.4) is 0 Å². The summed E-state index contributed by atoms with van der Waals surface area (Å²) in [4.78, 5) is 16.7. The van der Waals surface area contributed by atoms with E-state index >= 15 is 0 Å². The summed E-state index contributed by atoms with van der Waals surface area (Å²) in [5, 5.41) is 10.9. The number of aromatic amines is 1. The number of hydrogen-bond donors (Lipinski definition) is 2. The van der Waals surface area contributed by atoms with Crippen LogP contribution < -0.4 is 5.32 Å². The largest absolute Gasteiger partial charge is 0.352 e. The Morgan fingerprint density at radius 3 is 2.84 bits per heavy atom. The maximum absolute atomic E-state index is 12.2. The number of rotatable bonds is 5. The summed E-state index contributed by atoms with van der Waals surface area (Å²) in [7, 11) is 0. The monoisotopic (exact) mass is 422 g/mol. The number of halogens is 1. The highest BCUT2D eigenvalue weighted by Gasteiger charge is 2.28. The highest BCUT2D eigenvalue weighted by atomic mass is 79.9. The first-order chi connectivity index (χ1) is 12.0. The van der Waals surface area contributed by atoms with Gasteiger partial charge in [0.25, 0.3) is 0 Å². The van der Waals surface area contributed by atoms with Gasteiger partial charge in [-0.25, -0.2) is 4.98 Å². The Balaban J connectivity index is 1.52. The molecule has 1 fully saturated rings. The number of aromatic nitrogens is 3. The quantitative estimate of drug-likeness (QED) is 0.705. The second-order valence-electron chi connectivity index (χ2n) is 6.70. The number of nitrogens with zero attached hydrogens (tertiary/aromatic N) is 2. The zero-order valence-corrected chi connectivity index (χ0v) is 16.9. The zero-order chi connectivity index (χ0) is 17.8. The minimum absolute atomic E-state index is 0.0611. The number of H-pyrrole nitrogens is 1. The van der Waals surface area contributed by atoms with Crippen molar-refractivity contribution in [3.8, 4) is 11.4 Å². The van der Waals surface area contributed by atoms with Crippen LogP contribution in [0.2, 0.25) is 0 Å². The van der Waals surface area contributed by atoms with E-state index in [1.165, 1.54) is 24.6 Å². The molecule has 1 amide bonds. The third-order valence-electron chi connectivity index (χ3n) is 4.97. The molecule has 1 aliphatic rings. The molecule has 1 aromatic heterocycles. The predicted molar refractivity (Wildman–Crippen MR) is 104 cm³/mol. The van der Waals surface area contributed by atoms with E-state index in [-0.39, 0.29) is 5.91 Å². The van der Waals surface area contributed by atoms with Crippen molar-refractivity contribution in [1.29, 1.82) is 0 Å². The molecule has 2 aromatic rings. The van der Waals surface area contributed by atoms with Crippen LogP contribution in [0.1, 0.15) is 33.1 Å². The third kappa shape index (κ3) is 4.85. The fourth-order valence-electron chi connectivity index (χ4n) is 3.21. The average Bonchev–Trinajstić information content (AvgIpc) is 3.07. The number of benzene rings is 1. The minimum atomic E-state index is 0.0611. The fourth-order valence-corrected chi connectivity index (χ4v) is 4.09. The van der Waals surface area contributed by atoms with Crippen LogP contribution >= 0.6 is 27.7 Å². The summed E-state index contributed by atoms with van der Waals surface area (Å²) in [6, 6.07) is 8.16. The molecule has 5 nitrogen and oxygen atoms in total. The van der Waals surface area contributed by atoms with Crippen molar-refractivity contribution in [2.45, 2.75) is 44.3 Å². The van der Waals surface area contributed by atoms with E-state index < -0.39 is 0 Å². The fraction of sp³-hybridized carbons (Fsp3) is 0.500. The van der Waals surface area contributed by atoms with Crippen molar-refractivity contribution in [1.82, 2.24) is 20.5 Å². The van der Waals surface area contributed by atoms with Crippen LogP contribution in [0.4, 0.5) is 0 Å². The first-order valence-corrected chi connectivity index (χ1v) is 10.4. The molecule has 7 heteroatoms. The first kappa shape index (κ1) is 18.5. The van der Waals surface area contributed by atoms with Crippen molar-refractivity contribution < 1.29 is 4.79 Å². The predicted octanol–water partition coefficient (Wildman–Crippen LogP) is 4.27. The van der Waals surface area contributed by atoms with E-state index in [9.17, 15) is 4.79 Å². The number of carbonyl (C=O) groups excluding carboxylic acids is 1. The summed E-state index contributed by atoms with van der Waals surface area (Å²) < 4.78 is 1.02. The van der Waals surface area contributed by atoms with Gasteiger partial charge in [-0.1, -0.05) is 66.5 Å². The summed E-state index contributed by atoms with van der Waals surface area (Å²) in [6.45, 7) is 4.51. The Morgan fingerprint density at radius 1 is 1.32 bits per heavy atom. The molecular weight excluding hydrogens is 400 g/mol. The molecule has 0 unspecified atom stereocenters. The van der Waals surface area contributed by atoms with Gasteiger partial charge in [0, 0.05) is 16.1 Å². The summed E-state index contributed by atoms with van der Waals surface area (Å²) in [5.74, 6) is 2.33. The molecular formula is C18H23BrN4OS. The Kier molecular flexibility index (Phi) is 6.17. The lowest BCUT2D eigenvalue weighted by Crippen LogP contribution is -2.44. The number of thioether (sulfide) groups is 1. The van der Waals surface area contributed by atoms with Gasteiger partial charge in [0.1, 0.15) is 0 Å². The van der Waals surface area contributed by atoms with Gasteiger partial charge in [-0.3, -0.25) is 9.89 Å². The van der Waals surface area contributed by atoms with Crippen molar-refractivity contribution in [2.24, 2.45) is 11.8 Å². The lowest BCUT2D eigenvalue weighted by molar-refractivity contribution is -0.120. The smallest absolute Gasteiger partial charge is 0.230 e. The van der Waals surface area contributed by atoms with Crippen molar-refractivity contribution in [2.75, 3.05) is 5.75 Å². The molecule has 1 aromatic carbocycles. The SMILES string of the molecule is C[C@H]1[C@H](C)CCC[C@@H]1NC(=O)CSc1n[nH]c(-c2ccc(Br)cc2)n1. The van der Waals surface area contributed by atoms with Crippen LogP contribution in [-0.4, -0.2) is 32.9 Å². The Bertz CT molecular complexity index is 718. The average molecular weight is 423 g/mol. The molecule has 3 atom stereocenters. The first-order valence-electron chi connectivity index (χ1n) is 8.63. The molecule has 1 heterocycles.